The molecule has 4 nitrogen and oxygen atoms in total. The van der Waals surface area contributed by atoms with Crippen LogP contribution in [0.15, 0.2) is 36.7 Å². The zero-order valence-electron chi connectivity index (χ0n) is 10.6. The van der Waals surface area contributed by atoms with E-state index in [4.69, 9.17) is 18.0 Å². The topological polar surface area (TPSA) is 47.1 Å². The number of rotatable bonds is 3. The van der Waals surface area contributed by atoms with E-state index in [1.165, 1.54) is 5.56 Å². The first-order valence-corrected chi connectivity index (χ1v) is 6.75. The van der Waals surface area contributed by atoms with Crippen molar-refractivity contribution in [2.45, 2.75) is 19.6 Å². The van der Waals surface area contributed by atoms with Crippen molar-refractivity contribution in [3.8, 4) is 0 Å². The fraction of sp³-hybridized carbons (Fsp3) is 0.286. The first-order valence-electron chi connectivity index (χ1n) is 6.34. The first kappa shape index (κ1) is 12.3. The minimum atomic E-state index is 0.467. The molecule has 98 valence electrons. The van der Waals surface area contributed by atoms with Crippen LogP contribution in [0.4, 0.5) is 0 Å². The smallest absolute Gasteiger partial charge is 0.122 e. The van der Waals surface area contributed by atoms with E-state index in [0.717, 1.165) is 37.6 Å². The molecule has 2 heterocycles. The summed E-state index contributed by atoms with van der Waals surface area (Å²) in [5.41, 5.74) is 7.94. The SMILES string of the molecule is NC(=S)c1ccccc1CN1CCn2ccnc2C1. The standard InChI is InChI=1S/C14H16N4S/c15-14(19)12-4-2-1-3-11(12)9-17-7-8-18-6-5-16-13(18)10-17/h1-6H,7-10H2,(H2,15,19). The van der Waals surface area contributed by atoms with Gasteiger partial charge in [-0.3, -0.25) is 4.90 Å². The van der Waals surface area contributed by atoms with Crippen LogP contribution in [0.2, 0.25) is 0 Å². The zero-order chi connectivity index (χ0) is 13.2. The highest BCUT2D eigenvalue weighted by Gasteiger charge is 2.17. The molecule has 0 saturated carbocycles. The van der Waals surface area contributed by atoms with Gasteiger partial charge in [0.1, 0.15) is 10.8 Å². The average molecular weight is 272 g/mol. The van der Waals surface area contributed by atoms with Crippen LogP contribution in [-0.4, -0.2) is 26.0 Å². The van der Waals surface area contributed by atoms with Gasteiger partial charge in [0.25, 0.3) is 0 Å². The zero-order valence-corrected chi connectivity index (χ0v) is 11.4. The molecule has 0 amide bonds. The van der Waals surface area contributed by atoms with Crippen molar-refractivity contribution < 1.29 is 0 Å². The molecule has 0 radical (unpaired) electrons. The van der Waals surface area contributed by atoms with Crippen LogP contribution >= 0.6 is 12.2 Å². The highest BCUT2D eigenvalue weighted by molar-refractivity contribution is 7.80. The predicted octanol–water partition coefficient (Wildman–Crippen LogP) is 1.53. The lowest BCUT2D eigenvalue weighted by atomic mass is 10.1. The summed E-state index contributed by atoms with van der Waals surface area (Å²) in [6.07, 6.45) is 3.90. The molecule has 1 aliphatic heterocycles. The number of aromatic nitrogens is 2. The van der Waals surface area contributed by atoms with Gasteiger partial charge in [-0.2, -0.15) is 0 Å². The Labute approximate surface area is 117 Å². The van der Waals surface area contributed by atoms with Gasteiger partial charge in [0, 0.05) is 37.6 Å². The second-order valence-electron chi connectivity index (χ2n) is 4.77. The summed E-state index contributed by atoms with van der Waals surface area (Å²) in [7, 11) is 0. The number of hydrogen-bond acceptors (Lipinski definition) is 3. The first-order chi connectivity index (χ1) is 9.24. The maximum atomic E-state index is 5.78. The summed E-state index contributed by atoms with van der Waals surface area (Å²) in [6, 6.07) is 8.08. The largest absolute Gasteiger partial charge is 0.389 e. The van der Waals surface area contributed by atoms with Crippen molar-refractivity contribution in [2.75, 3.05) is 6.54 Å². The van der Waals surface area contributed by atoms with Crippen LogP contribution in [0.5, 0.6) is 0 Å². The molecule has 19 heavy (non-hydrogen) atoms. The molecule has 0 saturated heterocycles. The third-order valence-corrected chi connectivity index (χ3v) is 3.72. The van der Waals surface area contributed by atoms with Crippen molar-refractivity contribution in [3.05, 3.63) is 53.6 Å². The lowest BCUT2D eigenvalue weighted by Crippen LogP contribution is -2.33. The average Bonchev–Trinajstić information content (AvgIpc) is 2.86. The van der Waals surface area contributed by atoms with Crippen LogP contribution in [0.1, 0.15) is 17.0 Å². The maximum absolute atomic E-state index is 5.78. The van der Waals surface area contributed by atoms with Gasteiger partial charge in [0.2, 0.25) is 0 Å². The molecule has 0 unspecified atom stereocenters. The molecular formula is C14H16N4S. The number of hydrogen-bond donors (Lipinski definition) is 1. The molecule has 0 spiro atoms. The number of thiocarbonyl (C=S) groups is 1. The monoisotopic (exact) mass is 272 g/mol. The Hall–Kier alpha value is -1.72. The Morgan fingerprint density at radius 3 is 3.00 bits per heavy atom. The van der Waals surface area contributed by atoms with Gasteiger partial charge in [-0.05, 0) is 5.56 Å². The third kappa shape index (κ3) is 2.52. The Morgan fingerprint density at radius 2 is 2.16 bits per heavy atom. The van der Waals surface area contributed by atoms with E-state index >= 15 is 0 Å². The number of nitrogens with two attached hydrogens (primary N) is 1. The summed E-state index contributed by atoms with van der Waals surface area (Å²) in [5, 5.41) is 0. The van der Waals surface area contributed by atoms with Crippen LogP contribution in [0.3, 0.4) is 0 Å². The van der Waals surface area contributed by atoms with E-state index in [1.54, 1.807) is 0 Å². The van der Waals surface area contributed by atoms with E-state index in [2.05, 4.69) is 20.5 Å². The van der Waals surface area contributed by atoms with E-state index in [-0.39, 0.29) is 0 Å². The van der Waals surface area contributed by atoms with Crippen LogP contribution in [-0.2, 0) is 19.6 Å². The van der Waals surface area contributed by atoms with Crippen LogP contribution < -0.4 is 5.73 Å². The van der Waals surface area contributed by atoms with E-state index in [1.807, 2.05) is 30.6 Å². The van der Waals surface area contributed by atoms with Crippen molar-refractivity contribution in [2.24, 2.45) is 5.73 Å². The Morgan fingerprint density at radius 1 is 1.32 bits per heavy atom. The molecule has 1 aliphatic rings. The Bertz CT molecular complexity index is 605. The summed E-state index contributed by atoms with van der Waals surface area (Å²) >= 11 is 5.11. The summed E-state index contributed by atoms with van der Waals surface area (Å²) in [5.74, 6) is 1.12. The molecular weight excluding hydrogens is 256 g/mol. The second-order valence-corrected chi connectivity index (χ2v) is 5.21. The summed E-state index contributed by atoms with van der Waals surface area (Å²) < 4.78 is 2.20. The molecule has 0 fully saturated rings. The predicted molar refractivity (Wildman–Crippen MR) is 78.7 cm³/mol. The Balaban J connectivity index is 1.78. The summed E-state index contributed by atoms with van der Waals surface area (Å²) in [6.45, 7) is 3.75. The lowest BCUT2D eigenvalue weighted by Gasteiger charge is -2.28. The number of fused-ring (bicyclic) bond motifs is 1. The summed E-state index contributed by atoms with van der Waals surface area (Å²) in [4.78, 5) is 7.22. The number of benzene rings is 1. The van der Waals surface area contributed by atoms with Gasteiger partial charge >= 0.3 is 0 Å². The number of nitrogens with zero attached hydrogens (tertiary/aromatic N) is 3. The minimum absolute atomic E-state index is 0.467. The molecule has 0 atom stereocenters. The molecule has 2 N–H and O–H groups in total. The minimum Gasteiger partial charge on any atom is -0.389 e. The Kier molecular flexibility index (Phi) is 3.31. The van der Waals surface area contributed by atoms with Crippen LogP contribution in [0, 0.1) is 0 Å². The molecule has 0 aliphatic carbocycles. The van der Waals surface area contributed by atoms with Gasteiger partial charge in [-0.15, -0.1) is 0 Å². The normalized spacial score (nSPS) is 15.2. The molecule has 1 aromatic carbocycles. The van der Waals surface area contributed by atoms with E-state index in [0.29, 0.717) is 4.99 Å². The highest BCUT2D eigenvalue weighted by atomic mass is 32.1. The molecule has 5 heteroatoms. The fourth-order valence-electron chi connectivity index (χ4n) is 2.50. The van der Waals surface area contributed by atoms with Crippen molar-refractivity contribution >= 4 is 17.2 Å². The van der Waals surface area contributed by atoms with Crippen molar-refractivity contribution in [1.82, 2.24) is 14.5 Å². The highest BCUT2D eigenvalue weighted by Crippen LogP contribution is 2.16. The third-order valence-electron chi connectivity index (χ3n) is 3.50. The van der Waals surface area contributed by atoms with E-state index in [9.17, 15) is 0 Å². The maximum Gasteiger partial charge on any atom is 0.122 e. The second kappa shape index (κ2) is 5.11. The lowest BCUT2D eigenvalue weighted by molar-refractivity contribution is 0.209. The van der Waals surface area contributed by atoms with Gasteiger partial charge in [0.15, 0.2) is 0 Å². The molecule has 2 aromatic rings. The van der Waals surface area contributed by atoms with Gasteiger partial charge in [-0.1, -0.05) is 36.5 Å². The van der Waals surface area contributed by atoms with Gasteiger partial charge in [0.05, 0.1) is 6.54 Å². The molecule has 1 aromatic heterocycles. The van der Waals surface area contributed by atoms with Crippen molar-refractivity contribution in [1.29, 1.82) is 0 Å². The number of imidazole rings is 1. The molecule has 0 bridgehead atoms. The van der Waals surface area contributed by atoms with E-state index < -0.39 is 0 Å². The fourth-order valence-corrected chi connectivity index (χ4v) is 2.70. The molecule has 3 rings (SSSR count). The van der Waals surface area contributed by atoms with Gasteiger partial charge < -0.3 is 10.3 Å². The van der Waals surface area contributed by atoms with Crippen LogP contribution in [0.25, 0.3) is 0 Å². The van der Waals surface area contributed by atoms with Gasteiger partial charge in [-0.25, -0.2) is 4.98 Å². The van der Waals surface area contributed by atoms with Crippen molar-refractivity contribution in [3.63, 3.8) is 0 Å². The quantitative estimate of drug-likeness (QED) is 0.861.